The van der Waals surface area contributed by atoms with Crippen molar-refractivity contribution >= 4 is 29.5 Å². The second-order valence-electron chi connectivity index (χ2n) is 5.85. The second kappa shape index (κ2) is 9.65. The van der Waals surface area contributed by atoms with Crippen LogP contribution in [0, 0.1) is 5.41 Å². The lowest BCUT2D eigenvalue weighted by Gasteiger charge is -2.17. The Hall–Kier alpha value is -1.24. The van der Waals surface area contributed by atoms with Crippen LogP contribution in [0.3, 0.4) is 0 Å². The maximum absolute atomic E-state index is 11.7. The van der Waals surface area contributed by atoms with E-state index in [1.165, 1.54) is 11.8 Å². The van der Waals surface area contributed by atoms with E-state index in [1.54, 1.807) is 0 Å². The van der Waals surface area contributed by atoms with Crippen molar-refractivity contribution < 1.29 is 19.5 Å². The maximum Gasteiger partial charge on any atom is 0.326 e. The molecule has 0 unspecified atom stereocenters. The number of amides is 2. The van der Waals surface area contributed by atoms with Crippen molar-refractivity contribution in [3.05, 3.63) is 0 Å². The molecule has 0 rings (SSSR count). The minimum absolute atomic E-state index is 0.0636. The van der Waals surface area contributed by atoms with E-state index in [-0.39, 0.29) is 18.2 Å². The van der Waals surface area contributed by atoms with Crippen molar-refractivity contribution in [3.63, 3.8) is 0 Å². The van der Waals surface area contributed by atoms with Crippen molar-refractivity contribution in [1.29, 1.82) is 0 Å². The largest absolute Gasteiger partial charge is 0.480 e. The predicted octanol–water partition coefficient (Wildman–Crippen LogP) is 1.25. The molecular formula is C14H26N2O4S. The first-order valence-electron chi connectivity index (χ1n) is 6.98. The van der Waals surface area contributed by atoms with Crippen LogP contribution in [0.1, 0.15) is 40.0 Å². The van der Waals surface area contributed by atoms with E-state index in [1.807, 2.05) is 27.0 Å². The molecule has 0 fully saturated rings. The Kier molecular flexibility index (Phi) is 9.08. The first-order chi connectivity index (χ1) is 9.68. The zero-order chi connectivity index (χ0) is 16.5. The number of carbonyl (C=O) groups excluding carboxylic acids is 2. The standard InChI is InChI=1S/C14H26N2O4S/c1-14(2,3)13(20)15-8-5-6-11(17)16-10(12(18)19)7-9-21-4/h10H,5-9H2,1-4H3,(H,15,20)(H,16,17)(H,18,19)/t10-/m0/s1. The van der Waals surface area contributed by atoms with Crippen molar-refractivity contribution in [2.75, 3.05) is 18.6 Å². The van der Waals surface area contributed by atoms with E-state index in [2.05, 4.69) is 10.6 Å². The molecule has 0 aromatic carbocycles. The summed E-state index contributed by atoms with van der Waals surface area (Å²) in [6.45, 7) is 5.86. The zero-order valence-electron chi connectivity index (χ0n) is 13.2. The number of rotatable bonds is 9. The second-order valence-corrected chi connectivity index (χ2v) is 6.83. The monoisotopic (exact) mass is 318 g/mol. The van der Waals surface area contributed by atoms with Gasteiger partial charge in [0, 0.05) is 18.4 Å². The summed E-state index contributed by atoms with van der Waals surface area (Å²) in [5.41, 5.74) is -0.450. The van der Waals surface area contributed by atoms with Crippen molar-refractivity contribution in [2.45, 2.75) is 46.1 Å². The molecule has 0 aliphatic heterocycles. The molecule has 0 heterocycles. The van der Waals surface area contributed by atoms with Gasteiger partial charge in [-0.25, -0.2) is 4.79 Å². The highest BCUT2D eigenvalue weighted by Gasteiger charge is 2.21. The van der Waals surface area contributed by atoms with Crippen LogP contribution in [0.25, 0.3) is 0 Å². The zero-order valence-corrected chi connectivity index (χ0v) is 14.0. The van der Waals surface area contributed by atoms with E-state index in [9.17, 15) is 14.4 Å². The topological polar surface area (TPSA) is 95.5 Å². The van der Waals surface area contributed by atoms with Crippen LogP contribution in [0.2, 0.25) is 0 Å². The first kappa shape index (κ1) is 19.8. The number of nitrogens with one attached hydrogen (secondary N) is 2. The number of hydrogen-bond acceptors (Lipinski definition) is 4. The molecule has 1 atom stereocenters. The normalized spacial score (nSPS) is 12.6. The summed E-state index contributed by atoms with van der Waals surface area (Å²) in [4.78, 5) is 34.3. The van der Waals surface area contributed by atoms with Gasteiger partial charge in [0.25, 0.3) is 0 Å². The van der Waals surface area contributed by atoms with E-state index < -0.39 is 17.4 Å². The van der Waals surface area contributed by atoms with Crippen LogP contribution < -0.4 is 10.6 Å². The summed E-state index contributed by atoms with van der Waals surface area (Å²) in [7, 11) is 0. The van der Waals surface area contributed by atoms with Gasteiger partial charge in [0.05, 0.1) is 0 Å². The van der Waals surface area contributed by atoms with Gasteiger partial charge in [0.1, 0.15) is 6.04 Å². The Balaban J connectivity index is 3.98. The lowest BCUT2D eigenvalue weighted by atomic mass is 9.96. The van der Waals surface area contributed by atoms with Gasteiger partial charge in [0.2, 0.25) is 11.8 Å². The van der Waals surface area contributed by atoms with Gasteiger partial charge < -0.3 is 15.7 Å². The highest BCUT2D eigenvalue weighted by molar-refractivity contribution is 7.98. The molecule has 0 aromatic heterocycles. The molecule has 0 radical (unpaired) electrons. The number of carboxylic acids is 1. The molecule has 0 saturated heterocycles. The average molecular weight is 318 g/mol. The quantitative estimate of drug-likeness (QED) is 0.556. The Morgan fingerprint density at radius 3 is 2.33 bits per heavy atom. The number of thioether (sulfide) groups is 1. The third-order valence-electron chi connectivity index (χ3n) is 2.79. The highest BCUT2D eigenvalue weighted by atomic mass is 32.2. The Labute approximate surface area is 130 Å². The third kappa shape index (κ3) is 9.33. The fourth-order valence-corrected chi connectivity index (χ4v) is 1.95. The molecule has 0 aliphatic rings. The van der Waals surface area contributed by atoms with Crippen molar-refractivity contribution in [1.82, 2.24) is 10.6 Å². The van der Waals surface area contributed by atoms with Crippen molar-refractivity contribution in [3.8, 4) is 0 Å². The molecular weight excluding hydrogens is 292 g/mol. The minimum Gasteiger partial charge on any atom is -0.480 e. The molecule has 0 aromatic rings. The van der Waals surface area contributed by atoms with Crippen molar-refractivity contribution in [2.24, 2.45) is 5.41 Å². The number of hydrogen-bond donors (Lipinski definition) is 3. The number of aliphatic carboxylic acids is 1. The molecule has 0 spiro atoms. The number of carbonyl (C=O) groups is 3. The molecule has 6 nitrogen and oxygen atoms in total. The Bertz CT molecular complexity index is 366. The molecule has 3 N–H and O–H groups in total. The smallest absolute Gasteiger partial charge is 0.326 e. The fourth-order valence-electron chi connectivity index (χ4n) is 1.48. The van der Waals surface area contributed by atoms with Crippen LogP contribution in [0.5, 0.6) is 0 Å². The van der Waals surface area contributed by atoms with Gasteiger partial charge in [0.15, 0.2) is 0 Å². The van der Waals surface area contributed by atoms with E-state index in [0.29, 0.717) is 25.1 Å². The molecule has 7 heteroatoms. The lowest BCUT2D eigenvalue weighted by Crippen LogP contribution is -2.41. The van der Waals surface area contributed by atoms with Crippen LogP contribution in [-0.4, -0.2) is 47.5 Å². The van der Waals surface area contributed by atoms with E-state index in [0.717, 1.165) is 0 Å². The van der Waals surface area contributed by atoms with Gasteiger partial charge in [-0.2, -0.15) is 11.8 Å². The summed E-state index contributed by atoms with van der Waals surface area (Å²) < 4.78 is 0. The molecule has 0 aliphatic carbocycles. The third-order valence-corrected chi connectivity index (χ3v) is 3.44. The molecule has 2 amide bonds. The van der Waals surface area contributed by atoms with Crippen LogP contribution >= 0.6 is 11.8 Å². The first-order valence-corrected chi connectivity index (χ1v) is 8.37. The Morgan fingerprint density at radius 1 is 1.24 bits per heavy atom. The van der Waals surface area contributed by atoms with E-state index in [4.69, 9.17) is 5.11 Å². The average Bonchev–Trinajstić information content (AvgIpc) is 2.37. The summed E-state index contributed by atoms with van der Waals surface area (Å²) in [5, 5.41) is 14.3. The van der Waals surface area contributed by atoms with Crippen LogP contribution in [0.15, 0.2) is 0 Å². The van der Waals surface area contributed by atoms with Gasteiger partial charge in [-0.1, -0.05) is 20.8 Å². The predicted molar refractivity (Wildman–Crippen MR) is 84.3 cm³/mol. The molecule has 21 heavy (non-hydrogen) atoms. The molecule has 122 valence electrons. The maximum atomic E-state index is 11.7. The summed E-state index contributed by atoms with van der Waals surface area (Å²) >= 11 is 1.54. The SMILES string of the molecule is CSCC[C@H](NC(=O)CCCNC(=O)C(C)(C)C)C(=O)O. The van der Waals surface area contributed by atoms with Crippen LogP contribution in [-0.2, 0) is 14.4 Å². The summed E-state index contributed by atoms with van der Waals surface area (Å²) in [6.07, 6.45) is 2.98. The van der Waals surface area contributed by atoms with Gasteiger partial charge in [-0.3, -0.25) is 9.59 Å². The lowest BCUT2D eigenvalue weighted by molar-refractivity contribution is -0.141. The highest BCUT2D eigenvalue weighted by Crippen LogP contribution is 2.12. The fraction of sp³-hybridized carbons (Fsp3) is 0.786. The van der Waals surface area contributed by atoms with E-state index >= 15 is 0 Å². The van der Waals surface area contributed by atoms with Gasteiger partial charge in [-0.05, 0) is 24.9 Å². The minimum atomic E-state index is -1.02. The molecule has 0 saturated carbocycles. The van der Waals surface area contributed by atoms with Crippen LogP contribution in [0.4, 0.5) is 0 Å². The summed E-state index contributed by atoms with van der Waals surface area (Å²) in [5.74, 6) is -0.697. The summed E-state index contributed by atoms with van der Waals surface area (Å²) in [6, 6.07) is -0.839. The Morgan fingerprint density at radius 2 is 1.86 bits per heavy atom. The van der Waals surface area contributed by atoms with Gasteiger partial charge in [-0.15, -0.1) is 0 Å². The van der Waals surface area contributed by atoms with Gasteiger partial charge >= 0.3 is 5.97 Å². The number of carboxylic acid groups (broad SMARTS) is 1. The molecule has 0 bridgehead atoms.